The molecule has 0 bridgehead atoms. The molecule has 2 unspecified atom stereocenters. The summed E-state index contributed by atoms with van der Waals surface area (Å²) < 4.78 is 0. The molecule has 2 atom stereocenters. The Labute approximate surface area is 66.7 Å². The number of aliphatic hydroxyl groups excluding tert-OH is 4. The predicted molar refractivity (Wildman–Crippen MR) is 41.4 cm³/mol. The maximum absolute atomic E-state index is 8.70. The highest BCUT2D eigenvalue weighted by Crippen LogP contribution is 2.27. The Balaban J connectivity index is 3.17. The van der Waals surface area contributed by atoms with E-state index in [0.717, 1.165) is 21.6 Å². The molecule has 10 heavy (non-hydrogen) atoms. The Morgan fingerprint density at radius 1 is 0.900 bits per heavy atom. The van der Waals surface area contributed by atoms with E-state index >= 15 is 0 Å². The molecule has 0 aromatic heterocycles. The van der Waals surface area contributed by atoms with Crippen molar-refractivity contribution in [2.75, 3.05) is 13.2 Å². The Morgan fingerprint density at radius 2 is 1.20 bits per heavy atom. The van der Waals surface area contributed by atoms with Gasteiger partial charge in [-0.05, 0) is 0 Å². The minimum Gasteiger partial charge on any atom is -0.393 e. The second-order valence-corrected chi connectivity index (χ2v) is 4.09. The SMILES string of the molecule is OCC(O)SSC(O)CO. The zero-order valence-corrected chi connectivity index (χ0v) is 6.81. The first kappa shape index (κ1) is 10.5. The van der Waals surface area contributed by atoms with Gasteiger partial charge in [-0.25, -0.2) is 0 Å². The zero-order chi connectivity index (χ0) is 7.98. The van der Waals surface area contributed by atoms with Crippen LogP contribution >= 0.6 is 21.6 Å². The molecule has 0 aromatic carbocycles. The van der Waals surface area contributed by atoms with Gasteiger partial charge >= 0.3 is 0 Å². The first-order valence-corrected chi connectivity index (χ1v) is 4.88. The van der Waals surface area contributed by atoms with Crippen LogP contribution in [0.5, 0.6) is 0 Å². The minimum absolute atomic E-state index is 0.351. The Kier molecular flexibility index (Phi) is 6.60. The molecule has 62 valence electrons. The summed E-state index contributed by atoms with van der Waals surface area (Å²) >= 11 is 0. The maximum atomic E-state index is 8.70. The van der Waals surface area contributed by atoms with E-state index in [1.165, 1.54) is 0 Å². The third-order valence-corrected chi connectivity index (χ3v) is 3.11. The van der Waals surface area contributed by atoms with Crippen molar-refractivity contribution in [3.8, 4) is 0 Å². The average Bonchev–Trinajstić information content (AvgIpc) is 1.99. The number of aliphatic hydroxyl groups is 4. The van der Waals surface area contributed by atoms with Gasteiger partial charge < -0.3 is 20.4 Å². The molecule has 4 N–H and O–H groups in total. The molecular formula is C4H10O4S2. The maximum Gasteiger partial charge on any atom is 0.132 e. The second kappa shape index (κ2) is 6.26. The summed E-state index contributed by atoms with van der Waals surface area (Å²) in [5, 5.41) is 34.0. The molecule has 0 saturated heterocycles. The van der Waals surface area contributed by atoms with Crippen LogP contribution in [0.4, 0.5) is 0 Å². The van der Waals surface area contributed by atoms with Gasteiger partial charge in [-0.3, -0.25) is 0 Å². The topological polar surface area (TPSA) is 80.9 Å². The van der Waals surface area contributed by atoms with Crippen LogP contribution in [0.1, 0.15) is 0 Å². The highest BCUT2D eigenvalue weighted by Gasteiger charge is 2.07. The predicted octanol–water partition coefficient (Wildman–Crippen LogP) is -1.01. The molecule has 0 aliphatic carbocycles. The normalized spacial score (nSPS) is 16.8. The molecule has 0 heterocycles. The van der Waals surface area contributed by atoms with Gasteiger partial charge in [-0.2, -0.15) is 0 Å². The molecule has 0 fully saturated rings. The van der Waals surface area contributed by atoms with Crippen molar-refractivity contribution < 1.29 is 20.4 Å². The van der Waals surface area contributed by atoms with Crippen molar-refractivity contribution in [3.63, 3.8) is 0 Å². The molecule has 0 radical (unpaired) electrons. The standard InChI is InChI=1S/C4H10O4S2/c5-1-3(7)9-10-4(8)2-6/h3-8H,1-2H2. The lowest BCUT2D eigenvalue weighted by molar-refractivity contribution is 0.158. The third-order valence-electron chi connectivity index (χ3n) is 0.590. The number of hydrogen-bond donors (Lipinski definition) is 4. The summed E-state index contributed by atoms with van der Waals surface area (Å²) in [5.41, 5.74) is -1.79. The third kappa shape index (κ3) is 5.33. The van der Waals surface area contributed by atoms with Crippen LogP contribution < -0.4 is 0 Å². The summed E-state index contributed by atoms with van der Waals surface area (Å²) in [6, 6.07) is 0. The lowest BCUT2D eigenvalue weighted by Crippen LogP contribution is -2.09. The summed E-state index contributed by atoms with van der Waals surface area (Å²) in [6.07, 6.45) is 0. The summed E-state index contributed by atoms with van der Waals surface area (Å²) in [5.74, 6) is 0. The summed E-state index contributed by atoms with van der Waals surface area (Å²) in [4.78, 5) is 0. The van der Waals surface area contributed by atoms with Crippen LogP contribution in [0.3, 0.4) is 0 Å². The van der Waals surface area contributed by atoms with Gasteiger partial charge in [0.15, 0.2) is 0 Å². The molecule has 0 spiro atoms. The highest BCUT2D eigenvalue weighted by atomic mass is 33.1. The smallest absolute Gasteiger partial charge is 0.132 e. The average molecular weight is 186 g/mol. The molecule has 0 aromatic rings. The molecule has 0 amide bonds. The Hall–Kier alpha value is 0.540. The van der Waals surface area contributed by atoms with E-state index in [1.54, 1.807) is 0 Å². The Morgan fingerprint density at radius 3 is 1.40 bits per heavy atom. The van der Waals surface area contributed by atoms with Gasteiger partial charge in [0.05, 0.1) is 13.2 Å². The van der Waals surface area contributed by atoms with Gasteiger partial charge in [-0.1, -0.05) is 21.6 Å². The minimum atomic E-state index is -0.897. The van der Waals surface area contributed by atoms with Crippen molar-refractivity contribution >= 4 is 21.6 Å². The van der Waals surface area contributed by atoms with Gasteiger partial charge in [0.25, 0.3) is 0 Å². The van der Waals surface area contributed by atoms with E-state index in [4.69, 9.17) is 20.4 Å². The first-order valence-electron chi connectivity index (χ1n) is 2.60. The second-order valence-electron chi connectivity index (χ2n) is 1.47. The van der Waals surface area contributed by atoms with Crippen LogP contribution in [0.2, 0.25) is 0 Å². The molecule has 0 aliphatic heterocycles. The van der Waals surface area contributed by atoms with Crippen LogP contribution in [-0.4, -0.2) is 44.5 Å². The van der Waals surface area contributed by atoms with E-state index in [1.807, 2.05) is 0 Å². The van der Waals surface area contributed by atoms with E-state index in [-0.39, 0.29) is 13.2 Å². The fraction of sp³-hybridized carbons (Fsp3) is 1.00. The Bertz CT molecular complexity index is 71.7. The zero-order valence-electron chi connectivity index (χ0n) is 5.17. The van der Waals surface area contributed by atoms with Crippen LogP contribution in [0.15, 0.2) is 0 Å². The van der Waals surface area contributed by atoms with Crippen LogP contribution in [-0.2, 0) is 0 Å². The van der Waals surface area contributed by atoms with Crippen LogP contribution in [0, 0.1) is 0 Å². The quantitative estimate of drug-likeness (QED) is 0.325. The molecule has 6 heteroatoms. The van der Waals surface area contributed by atoms with Gasteiger partial charge in [-0.15, -0.1) is 0 Å². The first-order chi connectivity index (χ1) is 4.70. The van der Waals surface area contributed by atoms with Gasteiger partial charge in [0.1, 0.15) is 10.9 Å². The molecule has 0 aliphatic rings. The fourth-order valence-corrected chi connectivity index (χ4v) is 1.70. The fourth-order valence-electron chi connectivity index (χ4n) is 0.189. The van der Waals surface area contributed by atoms with Crippen molar-refractivity contribution in [2.24, 2.45) is 0 Å². The highest BCUT2D eigenvalue weighted by molar-refractivity contribution is 8.77. The van der Waals surface area contributed by atoms with Crippen LogP contribution in [0.25, 0.3) is 0 Å². The lowest BCUT2D eigenvalue weighted by atomic mass is 10.8. The van der Waals surface area contributed by atoms with E-state index in [9.17, 15) is 0 Å². The number of hydrogen-bond acceptors (Lipinski definition) is 6. The van der Waals surface area contributed by atoms with Gasteiger partial charge in [0, 0.05) is 0 Å². The number of rotatable bonds is 5. The summed E-state index contributed by atoms with van der Waals surface area (Å²) in [6.45, 7) is -0.703. The van der Waals surface area contributed by atoms with E-state index < -0.39 is 10.9 Å². The largest absolute Gasteiger partial charge is 0.393 e. The van der Waals surface area contributed by atoms with Crippen molar-refractivity contribution in [3.05, 3.63) is 0 Å². The van der Waals surface area contributed by atoms with E-state index in [0.29, 0.717) is 0 Å². The monoisotopic (exact) mass is 186 g/mol. The lowest BCUT2D eigenvalue weighted by Gasteiger charge is -2.08. The van der Waals surface area contributed by atoms with Crippen molar-refractivity contribution in [2.45, 2.75) is 10.9 Å². The molecular weight excluding hydrogens is 176 g/mol. The summed E-state index contributed by atoms with van der Waals surface area (Å²) in [7, 11) is 1.84. The molecule has 0 saturated carbocycles. The van der Waals surface area contributed by atoms with Crippen molar-refractivity contribution in [1.82, 2.24) is 0 Å². The van der Waals surface area contributed by atoms with Crippen molar-refractivity contribution in [1.29, 1.82) is 0 Å². The molecule has 4 nitrogen and oxygen atoms in total. The van der Waals surface area contributed by atoms with E-state index in [2.05, 4.69) is 0 Å². The molecule has 0 rings (SSSR count). The van der Waals surface area contributed by atoms with Gasteiger partial charge in [0.2, 0.25) is 0 Å².